The fourth-order valence-electron chi connectivity index (χ4n) is 1.82. The molecule has 0 aliphatic heterocycles. The minimum Gasteiger partial charge on any atom is -0.478 e. The molecule has 0 aliphatic rings. The lowest BCUT2D eigenvalue weighted by Gasteiger charge is -2.24. The van der Waals surface area contributed by atoms with E-state index in [0.717, 1.165) is 31.0 Å². The Hall–Kier alpha value is -1.36. The molecule has 0 atom stereocenters. The Morgan fingerprint density at radius 2 is 2.22 bits per heavy atom. The monoisotopic (exact) mass is 268 g/mol. The van der Waals surface area contributed by atoms with Crippen molar-refractivity contribution in [2.45, 2.75) is 13.3 Å². The molecule has 0 fully saturated rings. The van der Waals surface area contributed by atoms with Crippen LogP contribution in [-0.4, -0.2) is 36.2 Å². The fourth-order valence-corrected chi connectivity index (χ4v) is 2.24. The first kappa shape index (κ1) is 14.7. The molecule has 0 unspecified atom stereocenters. The third-order valence-electron chi connectivity index (χ3n) is 2.77. The molecule has 0 radical (unpaired) electrons. The highest BCUT2D eigenvalue weighted by Crippen LogP contribution is 2.24. The van der Waals surface area contributed by atoms with Crippen LogP contribution >= 0.6 is 11.8 Å². The van der Waals surface area contributed by atoms with Crippen LogP contribution in [0.3, 0.4) is 0 Å². The number of carboxylic acid groups (broad SMARTS) is 1. The summed E-state index contributed by atoms with van der Waals surface area (Å²) in [5.74, 6) is 0.169. The lowest BCUT2D eigenvalue weighted by molar-refractivity contribution is 0.0697. The van der Waals surface area contributed by atoms with Gasteiger partial charge in [0.15, 0.2) is 0 Å². The Morgan fingerprint density at radius 1 is 1.50 bits per heavy atom. The quantitative estimate of drug-likeness (QED) is 0.587. The van der Waals surface area contributed by atoms with E-state index in [0.29, 0.717) is 5.69 Å². The summed E-state index contributed by atoms with van der Waals surface area (Å²) in [5.41, 5.74) is 7.61. The van der Waals surface area contributed by atoms with Gasteiger partial charge in [0, 0.05) is 13.1 Å². The van der Waals surface area contributed by atoms with Gasteiger partial charge in [-0.15, -0.1) is 0 Å². The van der Waals surface area contributed by atoms with Crippen LogP contribution in [0.1, 0.15) is 23.7 Å². The molecule has 1 rings (SSSR count). The second kappa shape index (κ2) is 7.16. The van der Waals surface area contributed by atoms with Crippen molar-refractivity contribution in [3.05, 3.63) is 23.8 Å². The zero-order valence-corrected chi connectivity index (χ0v) is 11.7. The molecule has 1 aromatic carbocycles. The zero-order chi connectivity index (χ0) is 13.5. The van der Waals surface area contributed by atoms with Gasteiger partial charge in [-0.1, -0.05) is 0 Å². The van der Waals surface area contributed by atoms with Crippen LogP contribution in [0.2, 0.25) is 0 Å². The first-order valence-electron chi connectivity index (χ1n) is 5.96. The van der Waals surface area contributed by atoms with Gasteiger partial charge in [0.05, 0.1) is 16.9 Å². The third-order valence-corrected chi connectivity index (χ3v) is 3.47. The van der Waals surface area contributed by atoms with Gasteiger partial charge < -0.3 is 15.7 Å². The van der Waals surface area contributed by atoms with Crippen molar-refractivity contribution in [1.82, 2.24) is 0 Å². The molecule has 0 aromatic heterocycles. The van der Waals surface area contributed by atoms with Gasteiger partial charge in [-0.05, 0) is 43.6 Å². The molecule has 100 valence electrons. The summed E-state index contributed by atoms with van der Waals surface area (Å²) in [5, 5.41) is 8.90. The van der Waals surface area contributed by atoms with Crippen molar-refractivity contribution in [1.29, 1.82) is 0 Å². The van der Waals surface area contributed by atoms with Crippen LogP contribution in [0.25, 0.3) is 0 Å². The van der Waals surface area contributed by atoms with Gasteiger partial charge >= 0.3 is 5.97 Å². The Bertz CT molecular complexity index is 410. The van der Waals surface area contributed by atoms with Gasteiger partial charge in [-0.3, -0.25) is 0 Å². The number of nitrogens with zero attached hydrogens (tertiary/aromatic N) is 1. The maximum atomic E-state index is 10.8. The van der Waals surface area contributed by atoms with Crippen LogP contribution in [0.4, 0.5) is 11.4 Å². The minimum absolute atomic E-state index is 0.233. The molecule has 0 spiro atoms. The highest BCUT2D eigenvalue weighted by molar-refractivity contribution is 7.98. The molecular weight excluding hydrogens is 248 g/mol. The van der Waals surface area contributed by atoms with Gasteiger partial charge in [0.1, 0.15) is 0 Å². The van der Waals surface area contributed by atoms with Crippen molar-refractivity contribution in [2.24, 2.45) is 0 Å². The molecule has 4 nitrogen and oxygen atoms in total. The van der Waals surface area contributed by atoms with Crippen molar-refractivity contribution in [3.8, 4) is 0 Å². The highest BCUT2D eigenvalue weighted by Gasteiger charge is 2.10. The number of carboxylic acids is 1. The number of nitrogen functional groups attached to an aromatic ring is 1. The zero-order valence-electron chi connectivity index (χ0n) is 10.8. The SMILES string of the molecule is CCN(CCCSC)c1ccc(C(=O)O)cc1N. The van der Waals surface area contributed by atoms with Crippen molar-refractivity contribution < 1.29 is 9.90 Å². The minimum atomic E-state index is -0.946. The summed E-state index contributed by atoms with van der Waals surface area (Å²) in [6, 6.07) is 4.92. The van der Waals surface area contributed by atoms with Gasteiger partial charge in [-0.25, -0.2) is 4.79 Å². The number of rotatable bonds is 7. The molecule has 3 N–H and O–H groups in total. The van der Waals surface area contributed by atoms with Crippen LogP contribution in [0.5, 0.6) is 0 Å². The molecule has 0 saturated heterocycles. The molecule has 0 bridgehead atoms. The molecule has 0 saturated carbocycles. The molecule has 5 heteroatoms. The Balaban J connectivity index is 2.82. The lowest BCUT2D eigenvalue weighted by atomic mass is 10.1. The largest absolute Gasteiger partial charge is 0.478 e. The van der Waals surface area contributed by atoms with E-state index in [1.165, 1.54) is 6.07 Å². The Labute approximate surface area is 112 Å². The third kappa shape index (κ3) is 3.84. The second-order valence-corrected chi connectivity index (χ2v) is 4.99. The van der Waals surface area contributed by atoms with E-state index < -0.39 is 5.97 Å². The number of anilines is 2. The average Bonchev–Trinajstić information content (AvgIpc) is 2.35. The van der Waals surface area contributed by atoms with E-state index in [1.807, 2.05) is 11.8 Å². The Morgan fingerprint density at radius 3 is 2.72 bits per heavy atom. The number of nitrogens with two attached hydrogens (primary N) is 1. The number of hydrogen-bond acceptors (Lipinski definition) is 4. The maximum Gasteiger partial charge on any atom is 0.335 e. The molecule has 0 aliphatic carbocycles. The summed E-state index contributed by atoms with van der Waals surface area (Å²) < 4.78 is 0. The maximum absolute atomic E-state index is 10.8. The van der Waals surface area contributed by atoms with Gasteiger partial charge in [-0.2, -0.15) is 11.8 Å². The number of aromatic carboxylic acids is 1. The summed E-state index contributed by atoms with van der Waals surface area (Å²) in [6.07, 6.45) is 3.18. The Kier molecular flexibility index (Phi) is 5.85. The molecule has 0 amide bonds. The normalized spacial score (nSPS) is 10.3. The number of benzene rings is 1. The van der Waals surface area contributed by atoms with E-state index in [1.54, 1.807) is 12.1 Å². The van der Waals surface area contributed by atoms with E-state index >= 15 is 0 Å². The van der Waals surface area contributed by atoms with Crippen LogP contribution in [-0.2, 0) is 0 Å². The topological polar surface area (TPSA) is 66.6 Å². The standard InChI is InChI=1S/C13H20N2O2S/c1-3-15(7-4-8-18-2)12-6-5-10(13(16)17)9-11(12)14/h5-6,9H,3-4,7-8,14H2,1-2H3,(H,16,17). The number of hydrogen-bond donors (Lipinski definition) is 2. The van der Waals surface area contributed by atoms with Crippen molar-refractivity contribution >= 4 is 29.1 Å². The van der Waals surface area contributed by atoms with E-state index in [-0.39, 0.29) is 5.56 Å². The van der Waals surface area contributed by atoms with Gasteiger partial charge in [0.25, 0.3) is 0 Å². The smallest absolute Gasteiger partial charge is 0.335 e. The van der Waals surface area contributed by atoms with Gasteiger partial charge in [0.2, 0.25) is 0 Å². The summed E-state index contributed by atoms with van der Waals surface area (Å²) >= 11 is 1.82. The van der Waals surface area contributed by atoms with Crippen molar-refractivity contribution in [2.75, 3.05) is 35.7 Å². The van der Waals surface area contributed by atoms with Crippen LogP contribution in [0, 0.1) is 0 Å². The van der Waals surface area contributed by atoms with E-state index in [2.05, 4.69) is 18.1 Å². The lowest BCUT2D eigenvalue weighted by Crippen LogP contribution is -2.25. The predicted molar refractivity (Wildman–Crippen MR) is 78.7 cm³/mol. The predicted octanol–water partition coefficient (Wildman–Crippen LogP) is 2.55. The first-order chi connectivity index (χ1) is 8.60. The second-order valence-electron chi connectivity index (χ2n) is 4.00. The molecule has 0 heterocycles. The molecule has 1 aromatic rings. The van der Waals surface area contributed by atoms with E-state index in [9.17, 15) is 4.79 Å². The molecule has 18 heavy (non-hydrogen) atoms. The fraction of sp³-hybridized carbons (Fsp3) is 0.462. The van der Waals surface area contributed by atoms with Crippen LogP contribution < -0.4 is 10.6 Å². The number of thioether (sulfide) groups is 1. The highest BCUT2D eigenvalue weighted by atomic mass is 32.2. The first-order valence-corrected chi connectivity index (χ1v) is 7.36. The van der Waals surface area contributed by atoms with Crippen LogP contribution in [0.15, 0.2) is 18.2 Å². The summed E-state index contributed by atoms with van der Waals surface area (Å²) in [4.78, 5) is 13.0. The number of carbonyl (C=O) groups is 1. The van der Waals surface area contributed by atoms with Crippen molar-refractivity contribution in [3.63, 3.8) is 0 Å². The summed E-state index contributed by atoms with van der Waals surface area (Å²) in [7, 11) is 0. The average molecular weight is 268 g/mol. The molecular formula is C13H20N2O2S. The van der Waals surface area contributed by atoms with E-state index in [4.69, 9.17) is 10.8 Å². The summed E-state index contributed by atoms with van der Waals surface area (Å²) in [6.45, 7) is 3.88.